The number of aliphatic hydroxyl groups excluding tert-OH is 1. The molecule has 0 aromatic carbocycles. The van der Waals surface area contributed by atoms with Crippen LogP contribution in [0.25, 0.3) is 0 Å². The third-order valence-corrected chi connectivity index (χ3v) is 3.22. The standard InChI is InChI=1S/C8H10BrNO2S/c1-5(11)4-10-8(12)7-6(9)2-3-13-7/h2-3,5,11H,4H2,1H3,(H,10,12)/t5-/m1/s1. The van der Waals surface area contributed by atoms with Crippen molar-refractivity contribution >= 4 is 33.2 Å². The monoisotopic (exact) mass is 263 g/mol. The van der Waals surface area contributed by atoms with Gasteiger partial charge in [0.15, 0.2) is 0 Å². The number of hydrogen-bond donors (Lipinski definition) is 2. The third-order valence-electron chi connectivity index (χ3n) is 1.38. The molecule has 1 rings (SSSR count). The molecule has 1 amide bonds. The molecule has 13 heavy (non-hydrogen) atoms. The number of amides is 1. The summed E-state index contributed by atoms with van der Waals surface area (Å²) in [5, 5.41) is 13.4. The molecule has 0 aliphatic carbocycles. The van der Waals surface area contributed by atoms with Crippen molar-refractivity contribution in [2.45, 2.75) is 13.0 Å². The Balaban J connectivity index is 2.54. The van der Waals surface area contributed by atoms with Gasteiger partial charge in [0.2, 0.25) is 0 Å². The number of carbonyl (C=O) groups is 1. The van der Waals surface area contributed by atoms with Crippen molar-refractivity contribution in [2.75, 3.05) is 6.54 Å². The summed E-state index contributed by atoms with van der Waals surface area (Å²) in [6, 6.07) is 1.82. The molecular weight excluding hydrogens is 254 g/mol. The molecule has 0 radical (unpaired) electrons. The van der Waals surface area contributed by atoms with Crippen molar-refractivity contribution in [3.05, 3.63) is 20.8 Å². The summed E-state index contributed by atoms with van der Waals surface area (Å²) in [5.41, 5.74) is 0. The summed E-state index contributed by atoms with van der Waals surface area (Å²) in [5.74, 6) is -0.150. The minimum Gasteiger partial charge on any atom is -0.392 e. The highest BCUT2D eigenvalue weighted by atomic mass is 79.9. The van der Waals surface area contributed by atoms with E-state index < -0.39 is 6.10 Å². The second-order valence-electron chi connectivity index (χ2n) is 2.66. The zero-order valence-corrected chi connectivity index (χ0v) is 9.48. The van der Waals surface area contributed by atoms with Gasteiger partial charge in [0.1, 0.15) is 4.88 Å². The minimum atomic E-state index is -0.511. The number of halogens is 1. The molecule has 0 unspecified atom stereocenters. The Labute approximate surface area is 88.9 Å². The Morgan fingerprint density at radius 2 is 2.54 bits per heavy atom. The topological polar surface area (TPSA) is 49.3 Å². The SMILES string of the molecule is C[C@@H](O)CNC(=O)c1sccc1Br. The molecule has 0 aliphatic rings. The summed E-state index contributed by atoms with van der Waals surface area (Å²) in [6.07, 6.45) is -0.511. The van der Waals surface area contributed by atoms with Crippen LogP contribution in [0.3, 0.4) is 0 Å². The molecule has 3 nitrogen and oxygen atoms in total. The molecule has 0 bridgehead atoms. The quantitative estimate of drug-likeness (QED) is 0.871. The first-order valence-corrected chi connectivity index (χ1v) is 5.47. The van der Waals surface area contributed by atoms with Gasteiger partial charge in [-0.2, -0.15) is 0 Å². The van der Waals surface area contributed by atoms with E-state index in [9.17, 15) is 4.79 Å². The fourth-order valence-corrected chi connectivity index (χ4v) is 2.24. The number of nitrogens with one attached hydrogen (secondary N) is 1. The van der Waals surface area contributed by atoms with Gasteiger partial charge in [0.25, 0.3) is 5.91 Å². The molecule has 2 N–H and O–H groups in total. The highest BCUT2D eigenvalue weighted by Gasteiger charge is 2.11. The molecule has 0 fully saturated rings. The molecule has 1 aromatic rings. The van der Waals surface area contributed by atoms with Crippen LogP contribution in [0.2, 0.25) is 0 Å². The summed E-state index contributed by atoms with van der Waals surface area (Å²) >= 11 is 4.63. The van der Waals surface area contributed by atoms with Gasteiger partial charge in [-0.25, -0.2) is 0 Å². The molecular formula is C8H10BrNO2S. The average Bonchev–Trinajstić information content (AvgIpc) is 2.47. The van der Waals surface area contributed by atoms with E-state index in [1.807, 2.05) is 11.4 Å². The van der Waals surface area contributed by atoms with Crippen LogP contribution in [0.4, 0.5) is 0 Å². The molecule has 1 atom stereocenters. The van der Waals surface area contributed by atoms with Crippen LogP contribution in [-0.4, -0.2) is 23.7 Å². The fourth-order valence-electron chi connectivity index (χ4n) is 0.776. The summed E-state index contributed by atoms with van der Waals surface area (Å²) in [7, 11) is 0. The predicted molar refractivity (Wildman–Crippen MR) is 56.0 cm³/mol. The second-order valence-corrected chi connectivity index (χ2v) is 4.43. The minimum absolute atomic E-state index is 0.150. The summed E-state index contributed by atoms with van der Waals surface area (Å²) in [4.78, 5) is 12.0. The van der Waals surface area contributed by atoms with Gasteiger partial charge < -0.3 is 10.4 Å². The van der Waals surface area contributed by atoms with Crippen LogP contribution in [0.15, 0.2) is 15.9 Å². The highest BCUT2D eigenvalue weighted by Crippen LogP contribution is 2.22. The van der Waals surface area contributed by atoms with Crippen molar-refractivity contribution in [2.24, 2.45) is 0 Å². The van der Waals surface area contributed by atoms with E-state index in [0.717, 1.165) is 4.47 Å². The number of hydrogen-bond acceptors (Lipinski definition) is 3. The molecule has 0 saturated carbocycles. The van der Waals surface area contributed by atoms with Gasteiger partial charge >= 0.3 is 0 Å². The molecule has 0 spiro atoms. The van der Waals surface area contributed by atoms with Gasteiger partial charge in [-0.3, -0.25) is 4.79 Å². The number of carbonyl (C=O) groups excluding carboxylic acids is 1. The van der Waals surface area contributed by atoms with Crippen LogP contribution in [0.5, 0.6) is 0 Å². The highest BCUT2D eigenvalue weighted by molar-refractivity contribution is 9.10. The number of rotatable bonds is 3. The normalized spacial score (nSPS) is 12.5. The first-order valence-electron chi connectivity index (χ1n) is 3.80. The van der Waals surface area contributed by atoms with Gasteiger partial charge in [-0.1, -0.05) is 0 Å². The molecule has 1 heterocycles. The molecule has 72 valence electrons. The maximum atomic E-state index is 11.4. The van der Waals surface area contributed by atoms with E-state index in [-0.39, 0.29) is 12.5 Å². The predicted octanol–water partition coefficient (Wildman–Crippen LogP) is 1.62. The van der Waals surface area contributed by atoms with Crippen molar-refractivity contribution in [3.8, 4) is 0 Å². The average molecular weight is 264 g/mol. The lowest BCUT2D eigenvalue weighted by atomic mass is 10.4. The zero-order chi connectivity index (χ0) is 9.84. The van der Waals surface area contributed by atoms with E-state index in [1.54, 1.807) is 6.92 Å². The number of thiophene rings is 1. The van der Waals surface area contributed by atoms with Crippen molar-refractivity contribution in [1.29, 1.82) is 0 Å². The lowest BCUT2D eigenvalue weighted by Gasteiger charge is -2.05. The zero-order valence-electron chi connectivity index (χ0n) is 7.08. The Kier molecular flexibility index (Phi) is 3.90. The van der Waals surface area contributed by atoms with Crippen molar-refractivity contribution in [1.82, 2.24) is 5.32 Å². The van der Waals surface area contributed by atoms with E-state index >= 15 is 0 Å². The Hall–Kier alpha value is -0.390. The van der Waals surface area contributed by atoms with Gasteiger partial charge in [-0.05, 0) is 34.3 Å². The first-order chi connectivity index (χ1) is 6.11. The van der Waals surface area contributed by atoms with Gasteiger partial charge in [-0.15, -0.1) is 11.3 Å². The van der Waals surface area contributed by atoms with E-state index in [1.165, 1.54) is 11.3 Å². The van der Waals surface area contributed by atoms with Crippen molar-refractivity contribution < 1.29 is 9.90 Å². The lowest BCUT2D eigenvalue weighted by molar-refractivity contribution is 0.0927. The number of aliphatic hydroxyl groups is 1. The second kappa shape index (κ2) is 4.74. The molecule has 0 saturated heterocycles. The van der Waals surface area contributed by atoms with Gasteiger partial charge in [0, 0.05) is 11.0 Å². The third kappa shape index (κ3) is 3.10. The largest absolute Gasteiger partial charge is 0.392 e. The molecule has 1 aromatic heterocycles. The van der Waals surface area contributed by atoms with Crippen LogP contribution in [-0.2, 0) is 0 Å². The Bertz CT molecular complexity index is 298. The fraction of sp³-hybridized carbons (Fsp3) is 0.375. The van der Waals surface area contributed by atoms with Crippen LogP contribution >= 0.6 is 27.3 Å². The Morgan fingerprint density at radius 1 is 1.85 bits per heavy atom. The van der Waals surface area contributed by atoms with Gasteiger partial charge in [0.05, 0.1) is 6.10 Å². The maximum Gasteiger partial charge on any atom is 0.262 e. The van der Waals surface area contributed by atoms with E-state index in [4.69, 9.17) is 5.11 Å². The van der Waals surface area contributed by atoms with E-state index in [2.05, 4.69) is 21.2 Å². The van der Waals surface area contributed by atoms with Crippen LogP contribution in [0.1, 0.15) is 16.6 Å². The molecule has 0 aliphatic heterocycles. The van der Waals surface area contributed by atoms with Crippen molar-refractivity contribution in [3.63, 3.8) is 0 Å². The van der Waals surface area contributed by atoms with Crippen LogP contribution < -0.4 is 5.32 Å². The van der Waals surface area contributed by atoms with Crippen LogP contribution in [0, 0.1) is 0 Å². The Morgan fingerprint density at radius 3 is 3.00 bits per heavy atom. The summed E-state index contributed by atoms with van der Waals surface area (Å²) in [6.45, 7) is 1.91. The molecule has 5 heteroatoms. The summed E-state index contributed by atoms with van der Waals surface area (Å²) < 4.78 is 0.792. The lowest BCUT2D eigenvalue weighted by Crippen LogP contribution is -2.30. The smallest absolute Gasteiger partial charge is 0.262 e. The maximum absolute atomic E-state index is 11.4. The first kappa shape index (κ1) is 10.7. The van der Waals surface area contributed by atoms with E-state index in [0.29, 0.717) is 4.88 Å².